The number of urea groups is 1. The summed E-state index contributed by atoms with van der Waals surface area (Å²) in [5.41, 5.74) is 6.67. The highest BCUT2D eigenvalue weighted by Crippen LogP contribution is 2.20. The first-order valence-electron chi connectivity index (χ1n) is 9.29. The number of hydrogen-bond donors (Lipinski definition) is 2. The molecule has 0 spiro atoms. The van der Waals surface area contributed by atoms with Gasteiger partial charge in [0.25, 0.3) is 0 Å². The van der Waals surface area contributed by atoms with E-state index in [0.717, 1.165) is 31.5 Å². The summed E-state index contributed by atoms with van der Waals surface area (Å²) >= 11 is 0. The van der Waals surface area contributed by atoms with Crippen LogP contribution in [0, 0.1) is 0 Å². The van der Waals surface area contributed by atoms with Crippen LogP contribution in [0.1, 0.15) is 48.0 Å². The van der Waals surface area contributed by atoms with Crippen molar-refractivity contribution in [2.45, 2.75) is 44.7 Å². The average molecular weight is 344 g/mol. The van der Waals surface area contributed by atoms with E-state index in [0.29, 0.717) is 18.2 Å². The molecule has 3 N–H and O–H groups in total. The Morgan fingerprint density at radius 3 is 2.24 bits per heavy atom. The van der Waals surface area contributed by atoms with Crippen LogP contribution in [0.3, 0.4) is 0 Å². The Bertz CT molecular complexity index is 588. The third-order valence-corrected chi connectivity index (χ3v) is 5.34. The van der Waals surface area contributed by atoms with E-state index in [1.165, 1.54) is 32.4 Å². The molecule has 0 bridgehead atoms. The SMILES string of the molecule is NC(=O)c1ccc(CNC(=O)N2CCC(N3CCCCC3)CC2)cc1. The summed E-state index contributed by atoms with van der Waals surface area (Å²) in [5, 5.41) is 2.97. The van der Waals surface area contributed by atoms with E-state index in [2.05, 4.69) is 10.2 Å². The van der Waals surface area contributed by atoms with Gasteiger partial charge in [-0.3, -0.25) is 4.79 Å². The number of piperidine rings is 2. The second-order valence-corrected chi connectivity index (χ2v) is 7.03. The molecule has 0 radical (unpaired) electrons. The van der Waals surface area contributed by atoms with Crippen molar-refractivity contribution in [1.29, 1.82) is 0 Å². The second-order valence-electron chi connectivity index (χ2n) is 7.03. The lowest BCUT2D eigenvalue weighted by Crippen LogP contribution is -2.50. The first kappa shape index (κ1) is 17.7. The van der Waals surface area contributed by atoms with Crippen molar-refractivity contribution < 1.29 is 9.59 Å². The minimum Gasteiger partial charge on any atom is -0.366 e. The standard InChI is InChI=1S/C19H28N4O2/c20-18(24)16-6-4-15(5-7-16)14-21-19(25)23-12-8-17(9-13-23)22-10-2-1-3-11-22/h4-7,17H,1-3,8-14H2,(H2,20,24)(H,21,25). The Morgan fingerprint density at radius 1 is 1.00 bits per heavy atom. The number of benzene rings is 1. The monoisotopic (exact) mass is 344 g/mol. The van der Waals surface area contributed by atoms with Gasteiger partial charge in [0.2, 0.25) is 5.91 Å². The number of amides is 3. The number of carbonyl (C=O) groups is 2. The lowest BCUT2D eigenvalue weighted by atomic mass is 10.0. The summed E-state index contributed by atoms with van der Waals surface area (Å²) in [6.07, 6.45) is 6.13. The summed E-state index contributed by atoms with van der Waals surface area (Å²) in [7, 11) is 0. The highest BCUT2D eigenvalue weighted by Gasteiger charge is 2.27. The molecule has 6 heteroatoms. The number of nitrogens with two attached hydrogens (primary N) is 1. The second kappa shape index (κ2) is 8.34. The van der Waals surface area contributed by atoms with E-state index in [9.17, 15) is 9.59 Å². The maximum absolute atomic E-state index is 12.4. The molecule has 2 fully saturated rings. The Labute approximate surface area is 149 Å². The van der Waals surface area contributed by atoms with Gasteiger partial charge < -0.3 is 20.9 Å². The normalized spacial score (nSPS) is 19.6. The van der Waals surface area contributed by atoms with E-state index in [1.54, 1.807) is 12.1 Å². The molecule has 2 aliphatic rings. The van der Waals surface area contributed by atoms with E-state index in [-0.39, 0.29) is 6.03 Å². The van der Waals surface area contributed by atoms with E-state index < -0.39 is 5.91 Å². The summed E-state index contributed by atoms with van der Waals surface area (Å²) in [5.74, 6) is -0.438. The lowest BCUT2D eigenvalue weighted by molar-refractivity contribution is 0.0998. The molecule has 2 heterocycles. The molecular formula is C19H28N4O2. The van der Waals surface area contributed by atoms with Crippen molar-refractivity contribution in [2.24, 2.45) is 5.73 Å². The summed E-state index contributed by atoms with van der Waals surface area (Å²) < 4.78 is 0. The van der Waals surface area contributed by atoms with Crippen molar-refractivity contribution >= 4 is 11.9 Å². The summed E-state index contributed by atoms with van der Waals surface area (Å²) in [6.45, 7) is 4.56. The quantitative estimate of drug-likeness (QED) is 0.876. The Hall–Kier alpha value is -2.08. The lowest BCUT2D eigenvalue weighted by Gasteiger charge is -2.40. The Balaban J connectivity index is 1.42. The van der Waals surface area contributed by atoms with Crippen LogP contribution >= 0.6 is 0 Å². The molecular weight excluding hydrogens is 316 g/mol. The predicted molar refractivity (Wildman–Crippen MR) is 97.2 cm³/mol. The van der Waals surface area contributed by atoms with Gasteiger partial charge in [-0.1, -0.05) is 18.6 Å². The van der Waals surface area contributed by atoms with E-state index >= 15 is 0 Å². The maximum atomic E-state index is 12.4. The molecule has 0 atom stereocenters. The summed E-state index contributed by atoms with van der Waals surface area (Å²) in [6, 6.07) is 7.66. The number of carbonyl (C=O) groups excluding carboxylic acids is 2. The van der Waals surface area contributed by atoms with Crippen LogP contribution in [-0.2, 0) is 6.54 Å². The van der Waals surface area contributed by atoms with Gasteiger partial charge in [0.05, 0.1) is 0 Å². The Morgan fingerprint density at radius 2 is 1.64 bits per heavy atom. The molecule has 0 aliphatic carbocycles. The molecule has 136 valence electrons. The zero-order chi connectivity index (χ0) is 17.6. The van der Waals surface area contributed by atoms with Gasteiger partial charge in [0, 0.05) is 31.2 Å². The molecule has 1 aromatic carbocycles. The first-order chi connectivity index (χ1) is 12.1. The van der Waals surface area contributed by atoms with Crippen LogP contribution in [0.15, 0.2) is 24.3 Å². The molecule has 0 saturated carbocycles. The number of primary amides is 1. The predicted octanol–water partition coefficient (Wildman–Crippen LogP) is 1.95. The van der Waals surface area contributed by atoms with Crippen molar-refractivity contribution in [3.8, 4) is 0 Å². The topological polar surface area (TPSA) is 78.7 Å². The fraction of sp³-hybridized carbons (Fsp3) is 0.579. The van der Waals surface area contributed by atoms with Gasteiger partial charge in [-0.15, -0.1) is 0 Å². The van der Waals surface area contributed by atoms with Gasteiger partial charge in [-0.25, -0.2) is 4.79 Å². The fourth-order valence-electron chi connectivity index (χ4n) is 3.79. The van der Waals surface area contributed by atoms with Crippen molar-refractivity contribution in [2.75, 3.05) is 26.2 Å². The molecule has 3 amide bonds. The van der Waals surface area contributed by atoms with Crippen molar-refractivity contribution in [3.63, 3.8) is 0 Å². The number of likely N-dealkylation sites (tertiary alicyclic amines) is 2. The maximum Gasteiger partial charge on any atom is 0.317 e. The molecule has 0 aromatic heterocycles. The van der Waals surface area contributed by atoms with Crippen LogP contribution in [0.5, 0.6) is 0 Å². The molecule has 25 heavy (non-hydrogen) atoms. The molecule has 2 aliphatic heterocycles. The van der Waals surface area contributed by atoms with Crippen LogP contribution in [-0.4, -0.2) is 54.0 Å². The highest BCUT2D eigenvalue weighted by atomic mass is 16.2. The molecule has 2 saturated heterocycles. The van der Waals surface area contributed by atoms with Gasteiger partial charge in [-0.2, -0.15) is 0 Å². The van der Waals surface area contributed by atoms with Gasteiger partial charge in [0.15, 0.2) is 0 Å². The van der Waals surface area contributed by atoms with Crippen LogP contribution in [0.25, 0.3) is 0 Å². The van der Waals surface area contributed by atoms with Crippen LogP contribution in [0.4, 0.5) is 4.79 Å². The minimum absolute atomic E-state index is 0.00364. The zero-order valence-electron chi connectivity index (χ0n) is 14.7. The highest BCUT2D eigenvalue weighted by molar-refractivity contribution is 5.92. The molecule has 3 rings (SSSR count). The van der Waals surface area contributed by atoms with E-state index in [4.69, 9.17) is 5.73 Å². The number of nitrogens with zero attached hydrogens (tertiary/aromatic N) is 2. The first-order valence-corrected chi connectivity index (χ1v) is 9.29. The third kappa shape index (κ3) is 4.72. The van der Waals surface area contributed by atoms with Gasteiger partial charge in [-0.05, 0) is 56.5 Å². The van der Waals surface area contributed by atoms with Crippen molar-refractivity contribution in [3.05, 3.63) is 35.4 Å². The largest absolute Gasteiger partial charge is 0.366 e. The van der Waals surface area contributed by atoms with E-state index in [1.807, 2.05) is 17.0 Å². The van der Waals surface area contributed by atoms with Crippen LogP contribution < -0.4 is 11.1 Å². The number of rotatable bonds is 4. The Kier molecular flexibility index (Phi) is 5.91. The fourth-order valence-corrected chi connectivity index (χ4v) is 3.79. The zero-order valence-corrected chi connectivity index (χ0v) is 14.7. The van der Waals surface area contributed by atoms with Crippen LogP contribution in [0.2, 0.25) is 0 Å². The minimum atomic E-state index is -0.438. The third-order valence-electron chi connectivity index (χ3n) is 5.34. The van der Waals surface area contributed by atoms with Crippen molar-refractivity contribution in [1.82, 2.24) is 15.1 Å². The van der Waals surface area contributed by atoms with Gasteiger partial charge in [0.1, 0.15) is 0 Å². The number of nitrogens with one attached hydrogen (secondary N) is 1. The average Bonchev–Trinajstić information content (AvgIpc) is 2.67. The molecule has 0 unspecified atom stereocenters. The smallest absolute Gasteiger partial charge is 0.317 e. The molecule has 1 aromatic rings. The van der Waals surface area contributed by atoms with Gasteiger partial charge >= 0.3 is 6.03 Å². The number of hydrogen-bond acceptors (Lipinski definition) is 3. The summed E-state index contributed by atoms with van der Waals surface area (Å²) in [4.78, 5) is 27.9. The molecule has 6 nitrogen and oxygen atoms in total.